The van der Waals surface area contributed by atoms with Gasteiger partial charge in [-0.05, 0) is 18.4 Å². The molecule has 4 amide bonds. The van der Waals surface area contributed by atoms with Gasteiger partial charge in [-0.1, -0.05) is 37.3 Å². The molecule has 0 saturated carbocycles. The minimum absolute atomic E-state index is 0.0562. The van der Waals surface area contributed by atoms with Gasteiger partial charge in [0, 0.05) is 33.5 Å². The van der Waals surface area contributed by atoms with Crippen molar-refractivity contribution in [1.29, 1.82) is 0 Å². The van der Waals surface area contributed by atoms with E-state index in [1.54, 1.807) is 4.90 Å². The molecule has 4 N–H and O–H groups in total. The highest BCUT2D eigenvalue weighted by Crippen LogP contribution is 2.15. The van der Waals surface area contributed by atoms with Crippen LogP contribution in [0.25, 0.3) is 0 Å². The lowest BCUT2D eigenvalue weighted by Gasteiger charge is -2.23. The van der Waals surface area contributed by atoms with Crippen molar-refractivity contribution in [3.05, 3.63) is 35.9 Å². The summed E-state index contributed by atoms with van der Waals surface area (Å²) in [7, 11) is 1.49. The Bertz CT molecular complexity index is 711. The number of nitrogens with two attached hydrogens (primary N) is 1. The molecule has 0 radical (unpaired) electrons. The molecule has 0 aromatic heterocycles. The maximum atomic E-state index is 11.8. The summed E-state index contributed by atoms with van der Waals surface area (Å²) >= 11 is 0. The van der Waals surface area contributed by atoms with Crippen molar-refractivity contribution in [1.82, 2.24) is 15.5 Å². The SMILES string of the molecule is CC[C@@H](C(N)=O)N1CCCC1=O.COC[C@@H](NC(C)=O)C(=O)NCc1ccccc1. The number of rotatable bonds is 9. The first-order chi connectivity index (χ1) is 14.3. The Labute approximate surface area is 177 Å². The molecule has 1 heterocycles. The number of benzene rings is 1. The second kappa shape index (κ2) is 13.3. The minimum atomic E-state index is -0.656. The lowest BCUT2D eigenvalue weighted by atomic mass is 10.2. The van der Waals surface area contributed by atoms with Crippen molar-refractivity contribution >= 4 is 23.6 Å². The molecular formula is C21H32N4O5. The molecule has 0 bridgehead atoms. The number of amides is 4. The van der Waals surface area contributed by atoms with Crippen LogP contribution in [0.2, 0.25) is 0 Å². The molecule has 1 fully saturated rings. The van der Waals surface area contributed by atoms with Crippen molar-refractivity contribution in [2.45, 2.75) is 51.7 Å². The van der Waals surface area contributed by atoms with Crippen molar-refractivity contribution in [3.63, 3.8) is 0 Å². The van der Waals surface area contributed by atoms with Gasteiger partial charge in [-0.3, -0.25) is 19.2 Å². The van der Waals surface area contributed by atoms with E-state index in [-0.39, 0.29) is 30.4 Å². The zero-order valence-electron chi connectivity index (χ0n) is 17.8. The lowest BCUT2D eigenvalue weighted by molar-refractivity contribution is -0.136. The standard InChI is InChI=1S/C13H18N2O3.C8H14N2O2/c1-10(16)15-12(9-18-2)13(17)14-8-11-6-4-3-5-7-11;1-2-6(8(9)12)10-5-3-4-7(10)11/h3-7,12H,8-9H2,1-2H3,(H,14,17)(H,15,16);6H,2-5H2,1H3,(H2,9,12)/t12-;6-/m10/s1. The van der Waals surface area contributed by atoms with Crippen LogP contribution in [0.5, 0.6) is 0 Å². The summed E-state index contributed by atoms with van der Waals surface area (Å²) in [4.78, 5) is 46.5. The second-order valence-electron chi connectivity index (χ2n) is 6.93. The quantitative estimate of drug-likeness (QED) is 0.530. The number of carbonyl (C=O) groups is 4. The molecule has 1 aromatic carbocycles. The highest BCUT2D eigenvalue weighted by molar-refractivity contribution is 5.87. The third-order valence-electron chi connectivity index (χ3n) is 4.54. The van der Waals surface area contributed by atoms with Crippen molar-refractivity contribution in [2.24, 2.45) is 5.73 Å². The number of ether oxygens (including phenoxy) is 1. The lowest BCUT2D eigenvalue weighted by Crippen LogP contribution is -2.48. The highest BCUT2D eigenvalue weighted by Gasteiger charge is 2.29. The molecule has 0 spiro atoms. The van der Waals surface area contributed by atoms with E-state index in [0.29, 0.717) is 25.9 Å². The number of nitrogens with one attached hydrogen (secondary N) is 2. The monoisotopic (exact) mass is 420 g/mol. The Balaban J connectivity index is 0.000000325. The summed E-state index contributed by atoms with van der Waals surface area (Å²) in [6.07, 6.45) is 2.02. The van der Waals surface area contributed by atoms with Gasteiger partial charge in [0.2, 0.25) is 23.6 Å². The average Bonchev–Trinajstić information content (AvgIpc) is 3.13. The fourth-order valence-corrected chi connectivity index (χ4v) is 3.08. The van der Waals surface area contributed by atoms with Crippen molar-refractivity contribution < 1.29 is 23.9 Å². The zero-order valence-corrected chi connectivity index (χ0v) is 17.8. The predicted octanol–water partition coefficient (Wildman–Crippen LogP) is 0.327. The third-order valence-corrected chi connectivity index (χ3v) is 4.54. The van der Waals surface area contributed by atoms with Crippen LogP contribution in [0.4, 0.5) is 0 Å². The smallest absolute Gasteiger partial charge is 0.245 e. The fourth-order valence-electron chi connectivity index (χ4n) is 3.08. The maximum Gasteiger partial charge on any atom is 0.245 e. The summed E-state index contributed by atoms with van der Waals surface area (Å²) in [6.45, 7) is 4.49. The van der Waals surface area contributed by atoms with Gasteiger partial charge in [0.1, 0.15) is 12.1 Å². The molecule has 2 atom stereocenters. The van der Waals surface area contributed by atoms with Crippen LogP contribution in [-0.2, 0) is 30.5 Å². The van der Waals surface area contributed by atoms with E-state index in [1.807, 2.05) is 37.3 Å². The van der Waals surface area contributed by atoms with Crippen molar-refractivity contribution in [2.75, 3.05) is 20.3 Å². The van der Waals surface area contributed by atoms with Crippen molar-refractivity contribution in [3.8, 4) is 0 Å². The Morgan fingerprint density at radius 1 is 1.23 bits per heavy atom. The summed E-state index contributed by atoms with van der Waals surface area (Å²) in [5.41, 5.74) is 6.16. The van der Waals surface area contributed by atoms with E-state index >= 15 is 0 Å². The molecule has 0 unspecified atom stereocenters. The Morgan fingerprint density at radius 2 is 1.90 bits per heavy atom. The first kappa shape index (κ1) is 25.1. The number of methoxy groups -OCH3 is 1. The van der Waals surface area contributed by atoms with E-state index in [0.717, 1.165) is 12.0 Å². The molecule has 2 rings (SSSR count). The molecular weight excluding hydrogens is 388 g/mol. The molecule has 166 valence electrons. The van der Waals surface area contributed by atoms with E-state index in [2.05, 4.69) is 10.6 Å². The van der Waals surface area contributed by atoms with Crippen LogP contribution in [0.15, 0.2) is 30.3 Å². The summed E-state index contributed by atoms with van der Waals surface area (Å²) in [5.74, 6) is -0.851. The van der Waals surface area contributed by atoms with Gasteiger partial charge in [0.25, 0.3) is 0 Å². The Kier molecular flexibility index (Phi) is 11.1. The largest absolute Gasteiger partial charge is 0.382 e. The molecule has 9 nitrogen and oxygen atoms in total. The van der Waals surface area contributed by atoms with E-state index in [4.69, 9.17) is 10.5 Å². The first-order valence-corrected chi connectivity index (χ1v) is 9.96. The average molecular weight is 421 g/mol. The highest BCUT2D eigenvalue weighted by atomic mass is 16.5. The summed E-state index contributed by atoms with van der Waals surface area (Å²) in [5, 5.41) is 5.30. The molecule has 1 aromatic rings. The van der Waals surface area contributed by atoms with Gasteiger partial charge in [-0.25, -0.2) is 0 Å². The number of primary amides is 1. The predicted molar refractivity (Wildman–Crippen MR) is 112 cm³/mol. The normalized spacial score (nSPS) is 14.9. The number of nitrogens with zero attached hydrogens (tertiary/aromatic N) is 1. The molecule has 9 heteroatoms. The van der Waals surface area contributed by atoms with Crippen LogP contribution in [0.3, 0.4) is 0 Å². The summed E-state index contributed by atoms with van der Waals surface area (Å²) in [6, 6.07) is 8.52. The van der Waals surface area contributed by atoms with Crippen LogP contribution < -0.4 is 16.4 Å². The molecule has 0 aliphatic carbocycles. The van der Waals surface area contributed by atoms with Gasteiger partial charge in [0.15, 0.2) is 0 Å². The second-order valence-corrected chi connectivity index (χ2v) is 6.93. The molecule has 1 saturated heterocycles. The topological polar surface area (TPSA) is 131 Å². The number of carbonyl (C=O) groups excluding carboxylic acids is 4. The van der Waals surface area contributed by atoms with E-state index in [9.17, 15) is 19.2 Å². The summed E-state index contributed by atoms with van der Waals surface area (Å²) < 4.78 is 4.90. The van der Waals surface area contributed by atoms with Gasteiger partial charge < -0.3 is 26.0 Å². The molecule has 30 heavy (non-hydrogen) atoms. The Hall–Kier alpha value is -2.94. The van der Waals surface area contributed by atoms with Crippen LogP contribution >= 0.6 is 0 Å². The molecule has 1 aliphatic rings. The molecule has 1 aliphatic heterocycles. The van der Waals surface area contributed by atoms with Crippen LogP contribution in [0, 0.1) is 0 Å². The van der Waals surface area contributed by atoms with Gasteiger partial charge in [-0.2, -0.15) is 0 Å². The van der Waals surface area contributed by atoms with Gasteiger partial charge in [-0.15, -0.1) is 0 Å². The first-order valence-electron chi connectivity index (χ1n) is 9.96. The van der Waals surface area contributed by atoms with E-state index < -0.39 is 11.9 Å². The number of hydrogen-bond donors (Lipinski definition) is 3. The van der Waals surface area contributed by atoms with Crippen LogP contribution in [-0.4, -0.2) is 60.9 Å². The van der Waals surface area contributed by atoms with Gasteiger partial charge >= 0.3 is 0 Å². The Morgan fingerprint density at radius 3 is 2.37 bits per heavy atom. The zero-order chi connectivity index (χ0) is 22.5. The fraction of sp³-hybridized carbons (Fsp3) is 0.524. The van der Waals surface area contributed by atoms with Gasteiger partial charge in [0.05, 0.1) is 6.61 Å². The van der Waals surface area contributed by atoms with Crippen LogP contribution in [0.1, 0.15) is 38.7 Å². The minimum Gasteiger partial charge on any atom is -0.382 e. The van der Waals surface area contributed by atoms with E-state index in [1.165, 1.54) is 14.0 Å². The number of hydrogen-bond acceptors (Lipinski definition) is 5. The number of likely N-dealkylation sites (tertiary alicyclic amines) is 1. The third kappa shape index (κ3) is 8.60. The maximum absolute atomic E-state index is 11.8.